The van der Waals surface area contributed by atoms with E-state index >= 15 is 0 Å². The van der Waals surface area contributed by atoms with Gasteiger partial charge in [0.15, 0.2) is 22.9 Å². The van der Waals surface area contributed by atoms with Crippen LogP contribution < -0.4 is 9.47 Å². The Morgan fingerprint density at radius 2 is 2.07 bits per heavy atom. The van der Waals surface area contributed by atoms with Crippen LogP contribution in [0.5, 0.6) is 11.5 Å². The monoisotopic (exact) mass is 372 g/mol. The summed E-state index contributed by atoms with van der Waals surface area (Å²) >= 11 is 0. The average molecular weight is 372 g/mol. The fourth-order valence-electron chi connectivity index (χ4n) is 5.14. The van der Waals surface area contributed by atoms with Gasteiger partial charge in [0.1, 0.15) is 11.9 Å². The summed E-state index contributed by atoms with van der Waals surface area (Å²) in [6, 6.07) is 5.61. The van der Waals surface area contributed by atoms with Crippen molar-refractivity contribution in [1.82, 2.24) is 0 Å². The third-order valence-corrected chi connectivity index (χ3v) is 6.44. The van der Waals surface area contributed by atoms with Crippen molar-refractivity contribution in [2.24, 2.45) is 11.3 Å². The first-order valence-electron chi connectivity index (χ1n) is 9.01. The van der Waals surface area contributed by atoms with Crippen molar-refractivity contribution in [2.75, 3.05) is 21.0 Å². The van der Waals surface area contributed by atoms with Gasteiger partial charge >= 0.3 is 0 Å². The molecule has 0 saturated heterocycles. The van der Waals surface area contributed by atoms with Gasteiger partial charge in [0.05, 0.1) is 12.5 Å². The van der Waals surface area contributed by atoms with Crippen LogP contribution in [-0.4, -0.2) is 43.6 Å². The molecule has 0 aromatic heterocycles. The lowest BCUT2D eigenvalue weighted by Gasteiger charge is -2.40. The molecule has 1 saturated carbocycles. The molecule has 2 aliphatic carbocycles. The van der Waals surface area contributed by atoms with Gasteiger partial charge in [-0.3, -0.25) is 4.79 Å². The van der Waals surface area contributed by atoms with E-state index in [-0.39, 0.29) is 24.4 Å². The summed E-state index contributed by atoms with van der Waals surface area (Å²) in [7, 11) is 2.96. The highest BCUT2D eigenvalue weighted by atomic mass is 16.7. The lowest BCUT2D eigenvalue weighted by molar-refractivity contribution is -0.161. The molecule has 0 amide bonds. The lowest BCUT2D eigenvalue weighted by Crippen LogP contribution is -2.57. The van der Waals surface area contributed by atoms with Gasteiger partial charge in [0, 0.05) is 13.0 Å². The average Bonchev–Trinajstić information content (AvgIpc) is 3.18. The maximum Gasteiger partial charge on any atom is 0.231 e. The molecular weight excluding hydrogens is 348 g/mol. The van der Waals surface area contributed by atoms with Gasteiger partial charge in [0.2, 0.25) is 6.79 Å². The number of allylic oxidation sites excluding steroid dienone is 2. The van der Waals surface area contributed by atoms with E-state index < -0.39 is 17.1 Å². The summed E-state index contributed by atoms with van der Waals surface area (Å²) < 4.78 is 22.2. The van der Waals surface area contributed by atoms with E-state index in [1.54, 1.807) is 12.2 Å². The van der Waals surface area contributed by atoms with Crippen LogP contribution in [0.2, 0.25) is 0 Å². The molecule has 6 heteroatoms. The predicted octanol–water partition coefficient (Wildman–Crippen LogP) is 2.57. The van der Waals surface area contributed by atoms with E-state index in [9.17, 15) is 9.90 Å². The van der Waals surface area contributed by atoms with Crippen LogP contribution in [0.15, 0.2) is 42.7 Å². The Morgan fingerprint density at radius 1 is 1.33 bits per heavy atom. The lowest BCUT2D eigenvalue weighted by atomic mass is 9.70. The first-order chi connectivity index (χ1) is 13.0. The highest BCUT2D eigenvalue weighted by Crippen LogP contribution is 2.63. The zero-order valence-electron chi connectivity index (χ0n) is 15.7. The highest BCUT2D eigenvalue weighted by Gasteiger charge is 2.72. The van der Waals surface area contributed by atoms with Crippen LogP contribution in [0.4, 0.5) is 0 Å². The van der Waals surface area contributed by atoms with Crippen LogP contribution in [0.3, 0.4) is 0 Å². The number of ether oxygens (including phenoxy) is 4. The zero-order chi connectivity index (χ0) is 19.4. The number of rotatable bonds is 5. The molecule has 0 unspecified atom stereocenters. The summed E-state index contributed by atoms with van der Waals surface area (Å²) in [5, 5.41) is 11.1. The quantitative estimate of drug-likeness (QED) is 0.801. The fraction of sp³-hybridized carbons (Fsp3) is 0.476. The van der Waals surface area contributed by atoms with Gasteiger partial charge in [-0.15, -0.1) is 6.58 Å². The van der Waals surface area contributed by atoms with Gasteiger partial charge in [0.25, 0.3) is 0 Å². The number of ketones is 1. The minimum absolute atomic E-state index is 0.138. The molecule has 6 nitrogen and oxygen atoms in total. The van der Waals surface area contributed by atoms with Crippen LogP contribution >= 0.6 is 0 Å². The van der Waals surface area contributed by atoms with Crippen LogP contribution in [0, 0.1) is 11.3 Å². The second-order valence-corrected chi connectivity index (χ2v) is 7.39. The van der Waals surface area contributed by atoms with E-state index in [4.69, 9.17) is 18.9 Å². The Kier molecular flexibility index (Phi) is 4.09. The van der Waals surface area contributed by atoms with Crippen molar-refractivity contribution in [3.05, 3.63) is 48.3 Å². The molecule has 4 rings (SSSR count). The van der Waals surface area contributed by atoms with Crippen molar-refractivity contribution in [1.29, 1.82) is 0 Å². The van der Waals surface area contributed by atoms with Crippen LogP contribution in [0.25, 0.3) is 0 Å². The second kappa shape index (κ2) is 6.11. The van der Waals surface area contributed by atoms with E-state index in [1.807, 2.05) is 25.1 Å². The molecule has 0 radical (unpaired) electrons. The Bertz CT molecular complexity index is 830. The van der Waals surface area contributed by atoms with Gasteiger partial charge in [-0.2, -0.15) is 0 Å². The molecule has 1 heterocycles. The molecule has 2 bridgehead atoms. The molecule has 1 N–H and O–H groups in total. The van der Waals surface area contributed by atoms with Crippen molar-refractivity contribution in [2.45, 2.75) is 31.0 Å². The number of carbonyl (C=O) groups excluding carboxylic acids is 1. The summed E-state index contributed by atoms with van der Waals surface area (Å²) in [5.74, 6) is 0.984. The van der Waals surface area contributed by atoms with Crippen molar-refractivity contribution >= 4 is 5.78 Å². The molecule has 1 fully saturated rings. The largest absolute Gasteiger partial charge is 0.499 e. The molecule has 5 atom stereocenters. The smallest absolute Gasteiger partial charge is 0.231 e. The minimum Gasteiger partial charge on any atom is -0.499 e. The van der Waals surface area contributed by atoms with E-state index in [0.717, 1.165) is 5.56 Å². The number of fused-ring (bicyclic) bond motifs is 3. The number of benzene rings is 1. The molecule has 144 valence electrons. The Balaban J connectivity index is 1.93. The van der Waals surface area contributed by atoms with Crippen molar-refractivity contribution in [3.8, 4) is 11.5 Å². The fourth-order valence-corrected chi connectivity index (χ4v) is 5.14. The first kappa shape index (κ1) is 18.1. The third kappa shape index (κ3) is 2.11. The van der Waals surface area contributed by atoms with Gasteiger partial charge < -0.3 is 24.1 Å². The molecule has 1 aromatic rings. The maximum absolute atomic E-state index is 13.7. The summed E-state index contributed by atoms with van der Waals surface area (Å²) in [6.07, 6.45) is 2.74. The summed E-state index contributed by atoms with van der Waals surface area (Å²) in [5.41, 5.74) is -1.42. The maximum atomic E-state index is 13.7. The summed E-state index contributed by atoms with van der Waals surface area (Å²) in [6.45, 7) is 6.02. The first-order valence-corrected chi connectivity index (χ1v) is 9.01. The second-order valence-electron chi connectivity index (χ2n) is 7.39. The zero-order valence-corrected chi connectivity index (χ0v) is 15.7. The molecule has 3 aliphatic rings. The molecule has 1 aliphatic heterocycles. The van der Waals surface area contributed by atoms with E-state index in [0.29, 0.717) is 23.7 Å². The predicted molar refractivity (Wildman–Crippen MR) is 97.6 cm³/mol. The normalized spacial score (nSPS) is 36.5. The van der Waals surface area contributed by atoms with E-state index in [1.165, 1.54) is 14.2 Å². The summed E-state index contributed by atoms with van der Waals surface area (Å²) in [4.78, 5) is 13.7. The standard InChI is InChI=1S/C21H24O6/c1-5-8-20-10-16(24-3)18(22)21(25-4,19(20)23)17(12(20)2)13-6-7-14-15(9-13)27-11-26-14/h5-7,9-10,12,17-18,22H,1,8,11H2,2-4H3/t12-,17+,18+,20-,21+/m1/s1. The van der Waals surface area contributed by atoms with Gasteiger partial charge in [-0.25, -0.2) is 0 Å². The topological polar surface area (TPSA) is 74.2 Å². The molecule has 1 aromatic carbocycles. The van der Waals surface area contributed by atoms with Crippen molar-refractivity contribution in [3.63, 3.8) is 0 Å². The number of Topliss-reactive ketones (excluding diaryl/α,β-unsaturated/α-hetero) is 1. The number of hydrogen-bond donors (Lipinski definition) is 1. The van der Waals surface area contributed by atoms with Crippen LogP contribution in [-0.2, 0) is 14.3 Å². The Labute approximate surface area is 158 Å². The number of hydrogen-bond acceptors (Lipinski definition) is 6. The Morgan fingerprint density at radius 3 is 2.74 bits per heavy atom. The highest BCUT2D eigenvalue weighted by molar-refractivity contribution is 6.01. The number of methoxy groups -OCH3 is 2. The van der Waals surface area contributed by atoms with Gasteiger partial charge in [-0.1, -0.05) is 19.1 Å². The van der Waals surface area contributed by atoms with Crippen molar-refractivity contribution < 1.29 is 28.8 Å². The van der Waals surface area contributed by atoms with E-state index in [2.05, 4.69) is 6.58 Å². The Hall–Kier alpha value is -2.31. The molecular formula is C21H24O6. The SMILES string of the molecule is C=CC[C@]12C=C(OC)[C@H](O)[C@](OC)(C1=O)[C@H](c1ccc3c(c1)OCO3)[C@H]2C. The molecule has 0 spiro atoms. The minimum atomic E-state index is -1.43. The molecule has 27 heavy (non-hydrogen) atoms. The van der Waals surface area contributed by atoms with Crippen LogP contribution in [0.1, 0.15) is 24.8 Å². The third-order valence-electron chi connectivity index (χ3n) is 6.44. The number of aliphatic hydroxyl groups excluding tert-OH is 1. The van der Waals surface area contributed by atoms with Gasteiger partial charge in [-0.05, 0) is 36.1 Å². The number of carbonyl (C=O) groups is 1. The number of aliphatic hydroxyl groups is 1.